The Morgan fingerprint density at radius 2 is 2.00 bits per heavy atom. The molecular formula is C11H11N3. The number of aryl methyl sites for hydroxylation is 1. The Balaban J connectivity index is 2.15. The molecule has 2 aromatic rings. The predicted molar refractivity (Wildman–Crippen MR) is 57.0 cm³/mol. The zero-order valence-corrected chi connectivity index (χ0v) is 7.94. The summed E-state index contributed by atoms with van der Waals surface area (Å²) >= 11 is 0. The molecule has 0 atom stereocenters. The van der Waals surface area contributed by atoms with E-state index in [-0.39, 0.29) is 0 Å². The van der Waals surface area contributed by atoms with E-state index in [1.165, 1.54) is 5.56 Å². The molecule has 0 unspecified atom stereocenters. The lowest BCUT2D eigenvalue weighted by molar-refractivity contribution is 1.08. The van der Waals surface area contributed by atoms with Crippen LogP contribution in [0.4, 0.5) is 5.82 Å². The summed E-state index contributed by atoms with van der Waals surface area (Å²) in [4.78, 5) is 4.22. The first-order chi connectivity index (χ1) is 6.84. The number of rotatable bonds is 2. The molecule has 70 valence electrons. The van der Waals surface area contributed by atoms with Gasteiger partial charge >= 0.3 is 0 Å². The molecule has 3 nitrogen and oxygen atoms in total. The summed E-state index contributed by atoms with van der Waals surface area (Å²) in [5.74, 6) is 0.769. The van der Waals surface area contributed by atoms with E-state index < -0.39 is 0 Å². The summed E-state index contributed by atoms with van der Waals surface area (Å²) in [5.41, 5.74) is 2.34. The largest absolute Gasteiger partial charge is 0.261 e. The van der Waals surface area contributed by atoms with Crippen LogP contribution in [0, 0.1) is 6.92 Å². The molecule has 1 heterocycles. The third-order valence-corrected chi connectivity index (χ3v) is 1.92. The van der Waals surface area contributed by atoms with E-state index in [2.05, 4.69) is 34.2 Å². The van der Waals surface area contributed by atoms with Gasteiger partial charge in [-0.3, -0.25) is 5.10 Å². The van der Waals surface area contributed by atoms with Crippen LogP contribution in [0.25, 0.3) is 0 Å². The molecule has 2 rings (SSSR count). The minimum absolute atomic E-state index is 0.769. The first-order valence-corrected chi connectivity index (χ1v) is 4.45. The van der Waals surface area contributed by atoms with E-state index in [9.17, 15) is 0 Å². The van der Waals surface area contributed by atoms with Crippen molar-refractivity contribution < 1.29 is 0 Å². The van der Waals surface area contributed by atoms with Gasteiger partial charge in [-0.2, -0.15) is 5.10 Å². The lowest BCUT2D eigenvalue weighted by atomic mass is 10.2. The van der Waals surface area contributed by atoms with Crippen LogP contribution in [-0.4, -0.2) is 16.4 Å². The average Bonchev–Trinajstić information content (AvgIpc) is 2.70. The number of aromatic nitrogens is 2. The molecule has 1 aromatic carbocycles. The highest BCUT2D eigenvalue weighted by Crippen LogP contribution is 2.05. The molecular weight excluding hydrogens is 174 g/mol. The van der Waals surface area contributed by atoms with Crippen LogP contribution < -0.4 is 0 Å². The normalized spacial score (nSPS) is 10.9. The van der Waals surface area contributed by atoms with Gasteiger partial charge in [0.15, 0.2) is 0 Å². The monoisotopic (exact) mass is 185 g/mol. The Bertz CT molecular complexity index is 412. The second-order valence-corrected chi connectivity index (χ2v) is 3.11. The van der Waals surface area contributed by atoms with Crippen molar-refractivity contribution in [2.75, 3.05) is 0 Å². The van der Waals surface area contributed by atoms with E-state index in [0.29, 0.717) is 0 Å². The van der Waals surface area contributed by atoms with Gasteiger partial charge in [0.25, 0.3) is 0 Å². The fourth-order valence-electron chi connectivity index (χ4n) is 1.12. The van der Waals surface area contributed by atoms with Gasteiger partial charge in [0.1, 0.15) is 5.82 Å². The molecule has 0 fully saturated rings. The van der Waals surface area contributed by atoms with Crippen LogP contribution in [0.3, 0.4) is 0 Å². The number of aliphatic imine (C=N–C) groups is 1. The lowest BCUT2D eigenvalue weighted by Crippen LogP contribution is -1.80. The summed E-state index contributed by atoms with van der Waals surface area (Å²) in [6, 6.07) is 10.0. The van der Waals surface area contributed by atoms with Crippen molar-refractivity contribution in [2.45, 2.75) is 6.92 Å². The van der Waals surface area contributed by atoms with Gasteiger partial charge in [0.05, 0.1) is 6.20 Å². The summed E-state index contributed by atoms with van der Waals surface area (Å²) in [6.07, 6.45) is 3.49. The molecule has 1 N–H and O–H groups in total. The molecule has 0 saturated heterocycles. The Morgan fingerprint density at radius 1 is 1.21 bits per heavy atom. The Kier molecular flexibility index (Phi) is 2.40. The average molecular weight is 185 g/mol. The molecule has 0 amide bonds. The minimum atomic E-state index is 0.769. The maximum absolute atomic E-state index is 4.22. The topological polar surface area (TPSA) is 41.0 Å². The summed E-state index contributed by atoms with van der Waals surface area (Å²) in [6.45, 7) is 2.07. The van der Waals surface area contributed by atoms with Crippen LogP contribution in [0.1, 0.15) is 11.1 Å². The van der Waals surface area contributed by atoms with Gasteiger partial charge in [-0.15, -0.1) is 0 Å². The Labute approximate surface area is 82.5 Å². The smallest absolute Gasteiger partial charge is 0.147 e. The molecule has 14 heavy (non-hydrogen) atoms. The number of hydrogen-bond acceptors (Lipinski definition) is 2. The molecule has 0 saturated carbocycles. The van der Waals surface area contributed by atoms with E-state index >= 15 is 0 Å². The van der Waals surface area contributed by atoms with Gasteiger partial charge in [-0.05, 0) is 12.5 Å². The van der Waals surface area contributed by atoms with Crippen LogP contribution >= 0.6 is 0 Å². The highest BCUT2D eigenvalue weighted by Gasteiger charge is 1.88. The molecule has 0 aliphatic carbocycles. The third-order valence-electron chi connectivity index (χ3n) is 1.92. The van der Waals surface area contributed by atoms with Crippen LogP contribution in [0.5, 0.6) is 0 Å². The van der Waals surface area contributed by atoms with E-state index in [0.717, 1.165) is 11.4 Å². The first-order valence-electron chi connectivity index (χ1n) is 4.45. The van der Waals surface area contributed by atoms with Crippen LogP contribution in [-0.2, 0) is 0 Å². The third kappa shape index (κ3) is 2.07. The number of nitrogens with zero attached hydrogens (tertiary/aromatic N) is 2. The zero-order chi connectivity index (χ0) is 9.80. The van der Waals surface area contributed by atoms with Crippen LogP contribution in [0.2, 0.25) is 0 Å². The number of benzene rings is 1. The predicted octanol–water partition coefficient (Wildman–Crippen LogP) is 2.47. The minimum Gasteiger partial charge on any atom is -0.261 e. The standard InChI is InChI=1S/C11H11N3/c1-9-2-4-10(5-3-9)8-12-11-6-7-13-14-11/h2-8H,1H3,(H,13,14). The maximum Gasteiger partial charge on any atom is 0.147 e. The fourth-order valence-corrected chi connectivity index (χ4v) is 1.12. The molecule has 3 heteroatoms. The van der Waals surface area contributed by atoms with Crippen molar-refractivity contribution in [1.82, 2.24) is 10.2 Å². The number of hydrogen-bond donors (Lipinski definition) is 1. The molecule has 0 aliphatic heterocycles. The van der Waals surface area contributed by atoms with Crippen molar-refractivity contribution in [3.8, 4) is 0 Å². The van der Waals surface area contributed by atoms with Gasteiger partial charge in [-0.1, -0.05) is 29.8 Å². The highest BCUT2D eigenvalue weighted by molar-refractivity contribution is 5.81. The Morgan fingerprint density at radius 3 is 2.64 bits per heavy atom. The molecule has 0 aliphatic rings. The zero-order valence-electron chi connectivity index (χ0n) is 7.94. The Hall–Kier alpha value is -1.90. The van der Waals surface area contributed by atoms with Crippen molar-refractivity contribution in [3.05, 3.63) is 47.7 Å². The summed E-state index contributed by atoms with van der Waals surface area (Å²) in [5, 5.41) is 6.58. The van der Waals surface area contributed by atoms with Crippen LogP contribution in [0.15, 0.2) is 41.5 Å². The first kappa shape index (κ1) is 8.69. The molecule has 0 bridgehead atoms. The van der Waals surface area contributed by atoms with Gasteiger partial charge in [0, 0.05) is 12.3 Å². The second kappa shape index (κ2) is 3.87. The number of nitrogens with one attached hydrogen (secondary N) is 1. The highest BCUT2D eigenvalue weighted by atomic mass is 15.1. The molecule has 1 aromatic heterocycles. The summed E-state index contributed by atoms with van der Waals surface area (Å²) in [7, 11) is 0. The fraction of sp³-hybridized carbons (Fsp3) is 0.0909. The van der Waals surface area contributed by atoms with E-state index in [1.807, 2.05) is 24.4 Å². The van der Waals surface area contributed by atoms with Crippen molar-refractivity contribution in [3.63, 3.8) is 0 Å². The quantitative estimate of drug-likeness (QED) is 0.717. The molecule has 0 spiro atoms. The maximum atomic E-state index is 4.22. The second-order valence-electron chi connectivity index (χ2n) is 3.11. The number of aromatic amines is 1. The van der Waals surface area contributed by atoms with Crippen molar-refractivity contribution in [1.29, 1.82) is 0 Å². The van der Waals surface area contributed by atoms with E-state index in [4.69, 9.17) is 0 Å². The summed E-state index contributed by atoms with van der Waals surface area (Å²) < 4.78 is 0. The van der Waals surface area contributed by atoms with Crippen molar-refractivity contribution >= 4 is 12.0 Å². The van der Waals surface area contributed by atoms with E-state index in [1.54, 1.807) is 6.20 Å². The van der Waals surface area contributed by atoms with Gasteiger partial charge in [-0.25, -0.2) is 4.99 Å². The number of H-pyrrole nitrogens is 1. The molecule has 0 radical (unpaired) electrons. The van der Waals surface area contributed by atoms with Crippen molar-refractivity contribution in [2.24, 2.45) is 4.99 Å². The SMILES string of the molecule is Cc1ccc(C=Nc2ccn[nH]2)cc1. The van der Waals surface area contributed by atoms with Gasteiger partial charge < -0.3 is 0 Å². The lowest BCUT2D eigenvalue weighted by Gasteiger charge is -1.93. The van der Waals surface area contributed by atoms with Gasteiger partial charge in [0.2, 0.25) is 0 Å².